The molecule has 0 spiro atoms. The minimum atomic E-state index is -5.17. The fourth-order valence-corrected chi connectivity index (χ4v) is 1.89. The molecular formula is C14H30O5S-2. The van der Waals surface area contributed by atoms with Crippen LogP contribution in [0.4, 0.5) is 0 Å². The highest BCUT2D eigenvalue weighted by molar-refractivity contribution is 7.79. The zero-order valence-electron chi connectivity index (χ0n) is 13.0. The molecule has 124 valence electrons. The van der Waals surface area contributed by atoms with E-state index in [1.165, 1.54) is 51.4 Å². The van der Waals surface area contributed by atoms with E-state index in [0.29, 0.717) is 18.4 Å². The summed E-state index contributed by atoms with van der Waals surface area (Å²) in [4.78, 5) is 0. The van der Waals surface area contributed by atoms with Crippen molar-refractivity contribution in [3.63, 3.8) is 0 Å². The lowest BCUT2D eigenvalue weighted by molar-refractivity contribution is 0.188. The fourth-order valence-electron chi connectivity index (χ4n) is 1.89. The van der Waals surface area contributed by atoms with Crippen LogP contribution in [0, 0.1) is 11.8 Å². The monoisotopic (exact) mass is 310 g/mol. The predicted octanol–water partition coefficient (Wildman–Crippen LogP) is 3.05. The molecule has 0 aromatic heterocycles. The number of aliphatic hydroxyl groups is 1. The molecule has 0 saturated heterocycles. The van der Waals surface area contributed by atoms with Gasteiger partial charge in [0.05, 0.1) is 0 Å². The second-order valence-corrected chi connectivity index (χ2v) is 6.27. The Morgan fingerprint density at radius 3 is 1.70 bits per heavy atom. The Morgan fingerprint density at radius 1 is 0.900 bits per heavy atom. The molecule has 2 atom stereocenters. The van der Waals surface area contributed by atoms with Crippen molar-refractivity contribution in [2.75, 3.05) is 6.61 Å². The van der Waals surface area contributed by atoms with E-state index in [1.54, 1.807) is 0 Å². The highest BCUT2D eigenvalue weighted by Gasteiger charge is 2.09. The standard InChI is InChI=1S/C14H30O.H2O4S/c1-4-5-6-7-8-9-10-11-13(2)14(3)12-15;1-5(2,3)4/h13-15H,4-12H2,1-3H3;(H2,1,2,3,4)/p-2. The molecule has 0 amide bonds. The summed E-state index contributed by atoms with van der Waals surface area (Å²) in [6.45, 7) is 7.01. The van der Waals surface area contributed by atoms with Crippen LogP contribution in [0.3, 0.4) is 0 Å². The molecule has 0 bridgehead atoms. The van der Waals surface area contributed by atoms with Gasteiger partial charge in [-0.3, -0.25) is 8.42 Å². The zero-order chi connectivity index (χ0) is 16.0. The van der Waals surface area contributed by atoms with Crippen molar-refractivity contribution in [2.45, 2.75) is 72.1 Å². The molecule has 0 heterocycles. The first-order valence-electron chi connectivity index (χ1n) is 7.49. The second-order valence-electron chi connectivity index (χ2n) is 5.46. The van der Waals surface area contributed by atoms with Gasteiger partial charge in [0.1, 0.15) is 0 Å². The van der Waals surface area contributed by atoms with Crippen molar-refractivity contribution in [3.8, 4) is 0 Å². The number of unbranched alkanes of at least 4 members (excludes halogenated alkanes) is 6. The van der Waals surface area contributed by atoms with Gasteiger partial charge in [-0.05, 0) is 11.8 Å². The summed E-state index contributed by atoms with van der Waals surface area (Å²) in [6.07, 6.45) is 11.0. The molecule has 0 aliphatic heterocycles. The van der Waals surface area contributed by atoms with Crippen molar-refractivity contribution in [3.05, 3.63) is 0 Å². The zero-order valence-corrected chi connectivity index (χ0v) is 13.8. The van der Waals surface area contributed by atoms with Crippen LogP contribution in [0.15, 0.2) is 0 Å². The van der Waals surface area contributed by atoms with Gasteiger partial charge in [0, 0.05) is 17.0 Å². The summed E-state index contributed by atoms with van der Waals surface area (Å²) in [6, 6.07) is 0. The van der Waals surface area contributed by atoms with E-state index in [9.17, 15) is 0 Å². The summed E-state index contributed by atoms with van der Waals surface area (Å²) in [5, 5.41) is 9.00. The molecule has 0 aliphatic carbocycles. The van der Waals surface area contributed by atoms with Crippen molar-refractivity contribution < 1.29 is 22.6 Å². The quantitative estimate of drug-likeness (QED) is 0.379. The molecule has 0 saturated carbocycles. The molecule has 0 aliphatic rings. The Kier molecular flexibility index (Phi) is 15.3. The first-order chi connectivity index (χ1) is 9.22. The minimum Gasteiger partial charge on any atom is -0.759 e. The summed E-state index contributed by atoms with van der Waals surface area (Å²) in [5.41, 5.74) is 0. The first-order valence-corrected chi connectivity index (χ1v) is 8.83. The maximum Gasteiger partial charge on any atom is 0.0459 e. The highest BCUT2D eigenvalue weighted by atomic mass is 32.3. The maximum atomic E-state index is 9.00. The van der Waals surface area contributed by atoms with Gasteiger partial charge in [0.15, 0.2) is 0 Å². The number of hydrogen-bond donors (Lipinski definition) is 1. The van der Waals surface area contributed by atoms with Gasteiger partial charge in [-0.1, -0.05) is 72.1 Å². The number of rotatable bonds is 10. The number of aliphatic hydroxyl groups excluding tert-OH is 1. The summed E-state index contributed by atoms with van der Waals surface area (Å²) in [5.74, 6) is 1.16. The van der Waals surface area contributed by atoms with E-state index < -0.39 is 10.4 Å². The molecule has 0 fully saturated rings. The van der Waals surface area contributed by atoms with Crippen LogP contribution in [-0.2, 0) is 10.4 Å². The van der Waals surface area contributed by atoms with Crippen LogP contribution < -0.4 is 0 Å². The molecule has 0 rings (SSSR count). The van der Waals surface area contributed by atoms with Gasteiger partial charge in [-0.25, -0.2) is 0 Å². The molecule has 20 heavy (non-hydrogen) atoms. The molecule has 0 aromatic carbocycles. The van der Waals surface area contributed by atoms with Gasteiger partial charge >= 0.3 is 0 Å². The number of hydrogen-bond acceptors (Lipinski definition) is 5. The average Bonchev–Trinajstić information content (AvgIpc) is 2.34. The molecule has 0 radical (unpaired) electrons. The SMILES string of the molecule is CCCCCCCCCC(C)C(C)CO.O=S(=O)([O-])[O-]. The summed E-state index contributed by atoms with van der Waals surface area (Å²) < 4.78 is 34.1. The van der Waals surface area contributed by atoms with Crippen molar-refractivity contribution in [1.82, 2.24) is 0 Å². The molecular weight excluding hydrogens is 280 g/mol. The Balaban J connectivity index is 0. The van der Waals surface area contributed by atoms with Gasteiger partial charge < -0.3 is 14.2 Å². The van der Waals surface area contributed by atoms with E-state index in [1.807, 2.05) is 0 Å². The lowest BCUT2D eigenvalue weighted by Gasteiger charge is -2.17. The topological polar surface area (TPSA) is 100 Å². The summed E-state index contributed by atoms with van der Waals surface area (Å²) in [7, 11) is -5.17. The van der Waals surface area contributed by atoms with Crippen LogP contribution in [-0.4, -0.2) is 29.2 Å². The largest absolute Gasteiger partial charge is 0.759 e. The third-order valence-electron chi connectivity index (χ3n) is 3.52. The Bertz CT molecular complexity index is 282. The molecule has 1 N–H and O–H groups in total. The van der Waals surface area contributed by atoms with Crippen LogP contribution in [0.25, 0.3) is 0 Å². The lowest BCUT2D eigenvalue weighted by Crippen LogP contribution is -2.11. The van der Waals surface area contributed by atoms with Crippen molar-refractivity contribution in [2.24, 2.45) is 11.8 Å². The van der Waals surface area contributed by atoms with E-state index in [0.717, 1.165) is 0 Å². The van der Waals surface area contributed by atoms with Gasteiger partial charge in [-0.15, -0.1) is 0 Å². The van der Waals surface area contributed by atoms with Crippen LogP contribution in [0.2, 0.25) is 0 Å². The van der Waals surface area contributed by atoms with Gasteiger partial charge in [0.2, 0.25) is 0 Å². The molecule has 6 heteroatoms. The molecule has 2 unspecified atom stereocenters. The maximum absolute atomic E-state index is 9.00. The average molecular weight is 310 g/mol. The van der Waals surface area contributed by atoms with Crippen LogP contribution in [0.1, 0.15) is 72.1 Å². The Labute approximate surface area is 124 Å². The minimum absolute atomic E-state index is 0.345. The first kappa shape index (κ1) is 22.1. The normalized spacial score (nSPS) is 14.3. The van der Waals surface area contributed by atoms with E-state index in [4.69, 9.17) is 22.6 Å². The fraction of sp³-hybridized carbons (Fsp3) is 1.00. The van der Waals surface area contributed by atoms with Gasteiger partial charge in [-0.2, -0.15) is 0 Å². The van der Waals surface area contributed by atoms with Gasteiger partial charge in [0.25, 0.3) is 0 Å². The summed E-state index contributed by atoms with van der Waals surface area (Å²) >= 11 is 0. The van der Waals surface area contributed by atoms with E-state index >= 15 is 0 Å². The van der Waals surface area contributed by atoms with Crippen LogP contribution in [0.5, 0.6) is 0 Å². The Hall–Kier alpha value is -0.170. The van der Waals surface area contributed by atoms with Crippen LogP contribution >= 0.6 is 0 Å². The predicted molar refractivity (Wildman–Crippen MR) is 78.5 cm³/mol. The third kappa shape index (κ3) is 23.0. The van der Waals surface area contributed by atoms with Crippen molar-refractivity contribution in [1.29, 1.82) is 0 Å². The van der Waals surface area contributed by atoms with Crippen molar-refractivity contribution >= 4 is 10.4 Å². The lowest BCUT2D eigenvalue weighted by atomic mass is 9.91. The van der Waals surface area contributed by atoms with E-state index in [-0.39, 0.29) is 0 Å². The molecule has 5 nitrogen and oxygen atoms in total. The molecule has 0 aromatic rings. The highest BCUT2D eigenvalue weighted by Crippen LogP contribution is 2.18. The second kappa shape index (κ2) is 13.8. The van der Waals surface area contributed by atoms with E-state index in [2.05, 4.69) is 20.8 Å². The Morgan fingerprint density at radius 2 is 1.30 bits per heavy atom. The third-order valence-corrected chi connectivity index (χ3v) is 3.52. The smallest absolute Gasteiger partial charge is 0.0459 e.